The Balaban J connectivity index is 2.05. The second-order valence-electron chi connectivity index (χ2n) is 7.94. The zero-order chi connectivity index (χ0) is 18.3. The first-order chi connectivity index (χ1) is 12.5. The molecule has 4 rings (SSSR count). The topological polar surface area (TPSA) is 37.5 Å². The smallest absolute Gasteiger partial charge is 0.0891 e. The summed E-state index contributed by atoms with van der Waals surface area (Å²) in [5, 5.41) is 13.3. The first-order valence-corrected chi connectivity index (χ1v) is 9.07. The third-order valence-corrected chi connectivity index (χ3v) is 5.25. The van der Waals surface area contributed by atoms with Gasteiger partial charge >= 0.3 is 0 Å². The molecule has 132 valence electrons. The van der Waals surface area contributed by atoms with E-state index in [0.29, 0.717) is 0 Å². The number of oxime groups is 1. The Morgan fingerprint density at radius 2 is 1.65 bits per heavy atom. The largest absolute Gasteiger partial charge is 0.411 e. The normalized spacial score (nSPS) is 17.3. The summed E-state index contributed by atoms with van der Waals surface area (Å²) in [5.41, 5.74) is 7.85. The fourth-order valence-corrected chi connectivity index (χ4v) is 4.04. The van der Waals surface area contributed by atoms with E-state index in [0.717, 1.165) is 29.8 Å². The molecule has 0 bridgehead atoms. The van der Waals surface area contributed by atoms with Crippen molar-refractivity contribution < 1.29 is 5.21 Å². The molecule has 1 heterocycles. The number of benzene rings is 2. The highest BCUT2D eigenvalue weighted by molar-refractivity contribution is 6.04. The quantitative estimate of drug-likeness (QED) is 0.476. The summed E-state index contributed by atoms with van der Waals surface area (Å²) in [6, 6.07) is 21.1. The fourth-order valence-electron chi connectivity index (χ4n) is 4.04. The predicted octanol–water partition coefficient (Wildman–Crippen LogP) is 5.60. The molecule has 0 unspecified atom stereocenters. The maximum atomic E-state index is 9.64. The van der Waals surface area contributed by atoms with Crippen LogP contribution in [0.3, 0.4) is 0 Å². The zero-order valence-electron chi connectivity index (χ0n) is 15.5. The highest BCUT2D eigenvalue weighted by Gasteiger charge is 2.34. The standard InChI is InChI=1S/C23H24N2O/c1-16-9-7-8-12-20(16)25-21(17-10-5-4-6-11-17)13-18-19(24-26)14-23(2,3)15-22(18)25/h4-13,26H,14-15H2,1-3H3/b24-19-. The average molecular weight is 344 g/mol. The zero-order valence-corrected chi connectivity index (χ0v) is 15.5. The van der Waals surface area contributed by atoms with Crippen molar-refractivity contribution in [2.75, 3.05) is 0 Å². The molecule has 1 N–H and O–H groups in total. The van der Waals surface area contributed by atoms with E-state index in [1.165, 1.54) is 22.5 Å². The molecule has 3 nitrogen and oxygen atoms in total. The summed E-state index contributed by atoms with van der Waals surface area (Å²) in [6.45, 7) is 6.61. The van der Waals surface area contributed by atoms with Gasteiger partial charge in [0.15, 0.2) is 0 Å². The van der Waals surface area contributed by atoms with Crippen LogP contribution in [0.15, 0.2) is 65.8 Å². The van der Waals surface area contributed by atoms with Gasteiger partial charge in [-0.2, -0.15) is 0 Å². The van der Waals surface area contributed by atoms with Crippen molar-refractivity contribution in [2.24, 2.45) is 10.6 Å². The fraction of sp³-hybridized carbons (Fsp3) is 0.261. The number of nitrogens with zero attached hydrogens (tertiary/aromatic N) is 2. The molecule has 0 amide bonds. The van der Waals surface area contributed by atoms with Crippen LogP contribution in [-0.2, 0) is 6.42 Å². The monoisotopic (exact) mass is 344 g/mol. The minimum atomic E-state index is 0.0569. The molecule has 1 aromatic heterocycles. The van der Waals surface area contributed by atoms with Gasteiger partial charge in [-0.05, 0) is 48.4 Å². The molecule has 0 spiro atoms. The van der Waals surface area contributed by atoms with E-state index < -0.39 is 0 Å². The van der Waals surface area contributed by atoms with Gasteiger partial charge in [-0.1, -0.05) is 67.5 Å². The molecule has 3 heteroatoms. The van der Waals surface area contributed by atoms with Crippen molar-refractivity contribution in [2.45, 2.75) is 33.6 Å². The van der Waals surface area contributed by atoms with Gasteiger partial charge in [0.05, 0.1) is 11.4 Å². The van der Waals surface area contributed by atoms with Gasteiger partial charge in [0.1, 0.15) is 0 Å². The van der Waals surface area contributed by atoms with Gasteiger partial charge in [-0.3, -0.25) is 0 Å². The second-order valence-corrected chi connectivity index (χ2v) is 7.94. The highest BCUT2D eigenvalue weighted by atomic mass is 16.4. The van der Waals surface area contributed by atoms with Gasteiger partial charge in [-0.25, -0.2) is 0 Å². The molecule has 0 fully saturated rings. The van der Waals surface area contributed by atoms with Gasteiger partial charge in [0, 0.05) is 16.9 Å². The number of rotatable bonds is 2. The predicted molar refractivity (Wildman–Crippen MR) is 106 cm³/mol. The van der Waals surface area contributed by atoms with Gasteiger partial charge in [0.25, 0.3) is 0 Å². The lowest BCUT2D eigenvalue weighted by molar-refractivity contribution is 0.305. The van der Waals surface area contributed by atoms with E-state index in [4.69, 9.17) is 0 Å². The summed E-state index contributed by atoms with van der Waals surface area (Å²) in [5.74, 6) is 0. The van der Waals surface area contributed by atoms with Crippen molar-refractivity contribution in [3.05, 3.63) is 77.5 Å². The molecular weight excluding hydrogens is 320 g/mol. The third-order valence-electron chi connectivity index (χ3n) is 5.25. The van der Waals surface area contributed by atoms with Crippen molar-refractivity contribution in [3.63, 3.8) is 0 Å². The third kappa shape index (κ3) is 2.74. The lowest BCUT2D eigenvalue weighted by Crippen LogP contribution is -2.28. The van der Waals surface area contributed by atoms with Crippen LogP contribution in [0.5, 0.6) is 0 Å². The Morgan fingerprint density at radius 3 is 2.35 bits per heavy atom. The molecule has 0 saturated heterocycles. The van der Waals surface area contributed by atoms with Gasteiger partial charge in [0.2, 0.25) is 0 Å². The molecule has 26 heavy (non-hydrogen) atoms. The van der Waals surface area contributed by atoms with E-state index in [9.17, 15) is 5.21 Å². The Bertz CT molecular complexity index is 981. The van der Waals surface area contributed by atoms with Crippen LogP contribution in [0.25, 0.3) is 16.9 Å². The summed E-state index contributed by atoms with van der Waals surface area (Å²) >= 11 is 0. The minimum absolute atomic E-state index is 0.0569. The van der Waals surface area contributed by atoms with Crippen molar-refractivity contribution in [3.8, 4) is 16.9 Å². The second kappa shape index (κ2) is 6.17. The summed E-state index contributed by atoms with van der Waals surface area (Å²) in [4.78, 5) is 0. The maximum absolute atomic E-state index is 9.64. The van der Waals surface area contributed by atoms with Crippen molar-refractivity contribution in [1.82, 2.24) is 4.57 Å². The Kier molecular flexibility index (Phi) is 3.95. The number of para-hydroxylation sites is 1. The number of hydrogen-bond donors (Lipinski definition) is 1. The molecule has 0 atom stereocenters. The average Bonchev–Trinajstić information content (AvgIpc) is 3.00. The molecule has 3 aromatic rings. The van der Waals surface area contributed by atoms with E-state index in [1.807, 2.05) is 6.07 Å². The van der Waals surface area contributed by atoms with Crippen LogP contribution in [0, 0.1) is 12.3 Å². The first kappa shape index (κ1) is 16.6. The van der Waals surface area contributed by atoms with E-state index in [2.05, 4.69) is 85.1 Å². The number of fused-ring (bicyclic) bond motifs is 1. The molecule has 2 aromatic carbocycles. The number of aryl methyl sites for hydroxylation is 1. The van der Waals surface area contributed by atoms with E-state index in [-0.39, 0.29) is 5.41 Å². The van der Waals surface area contributed by atoms with E-state index in [1.54, 1.807) is 0 Å². The minimum Gasteiger partial charge on any atom is -0.411 e. The number of hydrogen-bond acceptors (Lipinski definition) is 2. The molecule has 0 aliphatic heterocycles. The Hall–Kier alpha value is -2.81. The molecule has 1 aliphatic rings. The van der Waals surface area contributed by atoms with Crippen molar-refractivity contribution >= 4 is 5.71 Å². The molecule has 1 aliphatic carbocycles. The van der Waals surface area contributed by atoms with Gasteiger partial charge in [-0.15, -0.1) is 0 Å². The van der Waals surface area contributed by atoms with Crippen LogP contribution in [0.2, 0.25) is 0 Å². The molecule has 0 radical (unpaired) electrons. The molecule has 0 saturated carbocycles. The lowest BCUT2D eigenvalue weighted by Gasteiger charge is -2.31. The Labute approximate surface area is 154 Å². The SMILES string of the molecule is Cc1ccccc1-n1c(-c2ccccc2)cc2c1CC(C)(C)C/C2=N/O. The lowest BCUT2D eigenvalue weighted by atomic mass is 9.76. The highest BCUT2D eigenvalue weighted by Crippen LogP contribution is 2.40. The van der Waals surface area contributed by atoms with Crippen molar-refractivity contribution in [1.29, 1.82) is 0 Å². The summed E-state index contributed by atoms with van der Waals surface area (Å²) in [7, 11) is 0. The number of aromatic nitrogens is 1. The Morgan fingerprint density at radius 1 is 0.962 bits per heavy atom. The van der Waals surface area contributed by atoms with Crippen LogP contribution < -0.4 is 0 Å². The van der Waals surface area contributed by atoms with Crippen LogP contribution in [0.4, 0.5) is 0 Å². The van der Waals surface area contributed by atoms with Gasteiger partial charge < -0.3 is 9.77 Å². The van der Waals surface area contributed by atoms with Crippen LogP contribution >= 0.6 is 0 Å². The summed E-state index contributed by atoms with van der Waals surface area (Å²) < 4.78 is 2.35. The van der Waals surface area contributed by atoms with Crippen LogP contribution in [-0.4, -0.2) is 15.5 Å². The van der Waals surface area contributed by atoms with Crippen LogP contribution in [0.1, 0.15) is 37.1 Å². The maximum Gasteiger partial charge on any atom is 0.0891 e. The first-order valence-electron chi connectivity index (χ1n) is 9.07. The molecular formula is C23H24N2O. The van der Waals surface area contributed by atoms with E-state index >= 15 is 0 Å². The summed E-state index contributed by atoms with van der Waals surface area (Å²) in [6.07, 6.45) is 1.73.